The van der Waals surface area contributed by atoms with Crippen LogP contribution in [-0.2, 0) is 24.2 Å². The second-order valence-electron chi connectivity index (χ2n) is 6.62. The van der Waals surface area contributed by atoms with Crippen molar-refractivity contribution in [3.8, 4) is 0 Å². The lowest BCUT2D eigenvalue weighted by atomic mass is 10.1. The summed E-state index contributed by atoms with van der Waals surface area (Å²) in [5.74, 6) is -0.504. The molecule has 3 rings (SSSR count). The first kappa shape index (κ1) is 21.3. The monoisotopic (exact) mass is 415 g/mol. The van der Waals surface area contributed by atoms with Gasteiger partial charge in [-0.05, 0) is 53.9 Å². The number of alkyl halides is 3. The molecule has 0 aliphatic heterocycles. The fourth-order valence-corrected chi connectivity index (χ4v) is 2.84. The molecule has 0 saturated carbocycles. The lowest BCUT2D eigenvalue weighted by molar-refractivity contribution is -0.138. The molecular formula is C22H20F3N3O2. The van der Waals surface area contributed by atoms with Crippen molar-refractivity contribution in [1.82, 2.24) is 10.5 Å². The molecular weight excluding hydrogens is 395 g/mol. The number of hydroxylamine groups is 1. The van der Waals surface area contributed by atoms with Crippen molar-refractivity contribution in [3.63, 3.8) is 0 Å². The van der Waals surface area contributed by atoms with Crippen LogP contribution in [0.2, 0.25) is 0 Å². The first-order valence-corrected chi connectivity index (χ1v) is 9.15. The zero-order valence-electron chi connectivity index (χ0n) is 16.2. The van der Waals surface area contributed by atoms with E-state index < -0.39 is 17.6 Å². The van der Waals surface area contributed by atoms with Crippen LogP contribution in [0.5, 0.6) is 0 Å². The van der Waals surface area contributed by atoms with E-state index in [9.17, 15) is 18.0 Å². The maximum Gasteiger partial charge on any atom is 0.416 e. The predicted octanol–water partition coefficient (Wildman–Crippen LogP) is 4.88. The van der Waals surface area contributed by atoms with E-state index in [1.54, 1.807) is 36.7 Å². The number of para-hydroxylation sites is 1. The molecule has 0 bridgehead atoms. The van der Waals surface area contributed by atoms with Crippen LogP contribution >= 0.6 is 0 Å². The number of aryl methyl sites for hydroxylation is 1. The highest BCUT2D eigenvalue weighted by Gasteiger charge is 2.32. The molecule has 0 atom stereocenters. The van der Waals surface area contributed by atoms with Crippen LogP contribution in [0, 0.1) is 6.92 Å². The van der Waals surface area contributed by atoms with E-state index in [0.29, 0.717) is 23.4 Å². The molecule has 30 heavy (non-hydrogen) atoms. The van der Waals surface area contributed by atoms with Crippen LogP contribution in [0.15, 0.2) is 67.0 Å². The first-order valence-electron chi connectivity index (χ1n) is 9.15. The van der Waals surface area contributed by atoms with Gasteiger partial charge < -0.3 is 5.32 Å². The van der Waals surface area contributed by atoms with E-state index in [-0.39, 0.29) is 12.2 Å². The molecule has 2 aromatic carbocycles. The zero-order chi connectivity index (χ0) is 21.6. The smallest absolute Gasteiger partial charge is 0.380 e. The summed E-state index contributed by atoms with van der Waals surface area (Å²) < 4.78 is 39.1. The van der Waals surface area contributed by atoms with Crippen molar-refractivity contribution in [1.29, 1.82) is 0 Å². The molecule has 0 fully saturated rings. The summed E-state index contributed by atoms with van der Waals surface area (Å²) in [6.45, 7) is 1.70. The molecule has 156 valence electrons. The van der Waals surface area contributed by atoms with Gasteiger partial charge in [0.15, 0.2) is 0 Å². The molecule has 0 unspecified atom stereocenters. The van der Waals surface area contributed by atoms with Crippen LogP contribution in [0.3, 0.4) is 0 Å². The van der Waals surface area contributed by atoms with Gasteiger partial charge in [-0.25, -0.2) is 5.48 Å². The number of hydrogen-bond acceptors (Lipinski definition) is 4. The molecule has 0 aliphatic carbocycles. The Morgan fingerprint density at radius 1 is 1.03 bits per heavy atom. The van der Waals surface area contributed by atoms with Crippen molar-refractivity contribution < 1.29 is 22.8 Å². The van der Waals surface area contributed by atoms with Crippen molar-refractivity contribution in [2.75, 3.05) is 5.32 Å². The van der Waals surface area contributed by atoms with Crippen molar-refractivity contribution in [2.45, 2.75) is 26.3 Å². The number of rotatable bonds is 7. The van der Waals surface area contributed by atoms with Crippen molar-refractivity contribution in [2.24, 2.45) is 0 Å². The standard InChI is InChI=1S/C22H20F3N3O2/c1-15-6-7-17(12-19(15)22(23,24)25)14-30-28-21(29)18-4-2-3-5-20(18)27-13-16-8-10-26-11-9-16/h2-12,27H,13-14H2,1H3,(H,28,29). The highest BCUT2D eigenvalue weighted by Crippen LogP contribution is 2.32. The molecule has 0 radical (unpaired) electrons. The molecule has 5 nitrogen and oxygen atoms in total. The summed E-state index contributed by atoms with van der Waals surface area (Å²) in [7, 11) is 0. The predicted molar refractivity (Wildman–Crippen MR) is 106 cm³/mol. The van der Waals surface area contributed by atoms with Gasteiger partial charge in [0.25, 0.3) is 5.91 Å². The molecule has 8 heteroatoms. The number of amides is 1. The highest BCUT2D eigenvalue weighted by molar-refractivity contribution is 5.98. The molecule has 1 amide bonds. The Labute approximate surface area is 171 Å². The SMILES string of the molecule is Cc1ccc(CONC(=O)c2ccccc2NCc2ccncc2)cc1C(F)(F)F. The molecule has 1 heterocycles. The van der Waals surface area contributed by atoms with Crippen LogP contribution in [-0.4, -0.2) is 10.9 Å². The fourth-order valence-electron chi connectivity index (χ4n) is 2.84. The Kier molecular flexibility index (Phi) is 6.68. The average Bonchev–Trinajstić information content (AvgIpc) is 2.73. The summed E-state index contributed by atoms with van der Waals surface area (Å²) in [6.07, 6.45) is -1.08. The zero-order valence-corrected chi connectivity index (χ0v) is 16.2. The van der Waals surface area contributed by atoms with Gasteiger partial charge >= 0.3 is 6.18 Å². The quantitative estimate of drug-likeness (QED) is 0.540. The molecule has 0 saturated heterocycles. The molecule has 3 aromatic rings. The largest absolute Gasteiger partial charge is 0.416 e. The van der Waals surface area contributed by atoms with Gasteiger partial charge in [-0.2, -0.15) is 13.2 Å². The maximum atomic E-state index is 13.0. The molecule has 0 aliphatic rings. The Hall–Kier alpha value is -3.39. The third-order valence-corrected chi connectivity index (χ3v) is 4.42. The number of carbonyl (C=O) groups is 1. The third-order valence-electron chi connectivity index (χ3n) is 4.42. The number of hydrogen-bond donors (Lipinski definition) is 2. The van der Waals surface area contributed by atoms with E-state index in [1.807, 2.05) is 12.1 Å². The van der Waals surface area contributed by atoms with E-state index in [2.05, 4.69) is 15.8 Å². The number of pyridine rings is 1. The van der Waals surface area contributed by atoms with Gasteiger partial charge in [0, 0.05) is 24.6 Å². The lowest BCUT2D eigenvalue weighted by Crippen LogP contribution is -2.24. The summed E-state index contributed by atoms with van der Waals surface area (Å²) in [6, 6.07) is 14.5. The van der Waals surface area contributed by atoms with E-state index in [4.69, 9.17) is 4.84 Å². The normalized spacial score (nSPS) is 11.2. The van der Waals surface area contributed by atoms with Gasteiger partial charge in [-0.1, -0.05) is 24.3 Å². The van der Waals surface area contributed by atoms with Gasteiger partial charge in [-0.15, -0.1) is 0 Å². The number of nitrogens with zero attached hydrogens (tertiary/aromatic N) is 1. The first-order chi connectivity index (χ1) is 14.3. The Balaban J connectivity index is 1.61. The second kappa shape index (κ2) is 9.41. The highest BCUT2D eigenvalue weighted by atomic mass is 19.4. The molecule has 0 spiro atoms. The number of halogens is 3. The lowest BCUT2D eigenvalue weighted by Gasteiger charge is -2.14. The number of anilines is 1. The maximum absolute atomic E-state index is 13.0. The number of aromatic nitrogens is 1. The molecule has 1 aromatic heterocycles. The summed E-state index contributed by atoms with van der Waals surface area (Å²) in [4.78, 5) is 21.6. The topological polar surface area (TPSA) is 63.2 Å². The summed E-state index contributed by atoms with van der Waals surface area (Å²) in [5, 5.41) is 3.18. The Bertz CT molecular complexity index is 1010. The minimum absolute atomic E-state index is 0.129. The van der Waals surface area contributed by atoms with Crippen LogP contribution in [0.4, 0.5) is 18.9 Å². The van der Waals surface area contributed by atoms with Crippen molar-refractivity contribution in [3.05, 3.63) is 94.8 Å². The molecule has 2 N–H and O–H groups in total. The minimum atomic E-state index is -4.44. The Morgan fingerprint density at radius 2 is 1.77 bits per heavy atom. The van der Waals surface area contributed by atoms with Crippen LogP contribution in [0.1, 0.15) is 32.6 Å². The van der Waals surface area contributed by atoms with E-state index in [0.717, 1.165) is 11.6 Å². The Morgan fingerprint density at radius 3 is 2.50 bits per heavy atom. The van der Waals surface area contributed by atoms with Crippen molar-refractivity contribution >= 4 is 11.6 Å². The summed E-state index contributed by atoms with van der Waals surface area (Å²) >= 11 is 0. The third kappa shape index (κ3) is 5.57. The fraction of sp³-hybridized carbons (Fsp3) is 0.182. The van der Waals surface area contributed by atoms with Gasteiger partial charge in [-0.3, -0.25) is 14.6 Å². The van der Waals surface area contributed by atoms with Crippen LogP contribution in [0.25, 0.3) is 0 Å². The van der Waals surface area contributed by atoms with E-state index >= 15 is 0 Å². The van der Waals surface area contributed by atoms with Gasteiger partial charge in [0.05, 0.1) is 17.7 Å². The number of carbonyl (C=O) groups excluding carboxylic acids is 1. The average molecular weight is 415 g/mol. The second-order valence-corrected chi connectivity index (χ2v) is 6.62. The number of nitrogens with one attached hydrogen (secondary N) is 2. The van der Waals surface area contributed by atoms with Gasteiger partial charge in [0.2, 0.25) is 0 Å². The minimum Gasteiger partial charge on any atom is -0.380 e. The van der Waals surface area contributed by atoms with Crippen LogP contribution < -0.4 is 10.8 Å². The summed E-state index contributed by atoms with van der Waals surface area (Å²) in [5.41, 5.74) is 3.95. The van der Waals surface area contributed by atoms with E-state index in [1.165, 1.54) is 19.1 Å². The number of benzene rings is 2. The van der Waals surface area contributed by atoms with Gasteiger partial charge in [0.1, 0.15) is 0 Å².